The number of methoxy groups -OCH3 is 1. The standard InChI is InChI=1S/C20H21N3O4S/c1-20(13-7-5-8-14(11-13)27-2)18(25)23(19(26)21-20)22-17(24)16-10-12-6-3-4-9-15(12)28-16/h5,7-8,10-11H,3-4,6,9H2,1-2H3,(H,21,26)(H,22,24)/t20-/m1/s1. The topological polar surface area (TPSA) is 87.7 Å². The normalized spacial score (nSPS) is 21.3. The van der Waals surface area contributed by atoms with Crippen molar-refractivity contribution < 1.29 is 19.1 Å². The molecule has 0 spiro atoms. The molecule has 2 N–H and O–H groups in total. The maximum absolute atomic E-state index is 13.0. The number of nitrogens with one attached hydrogen (secondary N) is 2. The van der Waals surface area contributed by atoms with E-state index < -0.39 is 23.4 Å². The van der Waals surface area contributed by atoms with Crippen LogP contribution in [0.25, 0.3) is 0 Å². The van der Waals surface area contributed by atoms with Crippen molar-refractivity contribution in [3.05, 3.63) is 51.2 Å². The largest absolute Gasteiger partial charge is 0.497 e. The van der Waals surface area contributed by atoms with Crippen LogP contribution in [0.2, 0.25) is 0 Å². The van der Waals surface area contributed by atoms with Crippen molar-refractivity contribution >= 4 is 29.2 Å². The summed E-state index contributed by atoms with van der Waals surface area (Å²) in [6, 6.07) is 8.14. The molecule has 0 saturated carbocycles. The first-order chi connectivity index (χ1) is 13.4. The number of carbonyl (C=O) groups excluding carboxylic acids is 3. The van der Waals surface area contributed by atoms with Gasteiger partial charge in [-0.05, 0) is 61.9 Å². The number of thiophene rings is 1. The molecule has 2 heterocycles. The van der Waals surface area contributed by atoms with E-state index in [-0.39, 0.29) is 0 Å². The molecular weight excluding hydrogens is 378 g/mol. The maximum atomic E-state index is 13.0. The summed E-state index contributed by atoms with van der Waals surface area (Å²) in [7, 11) is 1.53. The molecule has 1 saturated heterocycles. The Hall–Kier alpha value is -2.87. The van der Waals surface area contributed by atoms with Gasteiger partial charge in [-0.15, -0.1) is 11.3 Å². The second kappa shape index (κ2) is 6.94. The molecule has 1 aliphatic carbocycles. The number of nitrogens with zero attached hydrogens (tertiary/aromatic N) is 1. The van der Waals surface area contributed by atoms with Gasteiger partial charge in [0, 0.05) is 4.88 Å². The molecule has 1 fully saturated rings. The number of carbonyl (C=O) groups is 3. The van der Waals surface area contributed by atoms with Crippen LogP contribution < -0.4 is 15.5 Å². The summed E-state index contributed by atoms with van der Waals surface area (Å²) in [5.41, 5.74) is 2.96. The number of hydrazine groups is 1. The van der Waals surface area contributed by atoms with Gasteiger partial charge in [-0.2, -0.15) is 5.01 Å². The third-order valence-electron chi connectivity index (χ3n) is 5.27. The average Bonchev–Trinajstić information content (AvgIpc) is 3.23. The summed E-state index contributed by atoms with van der Waals surface area (Å²) in [6.45, 7) is 1.61. The van der Waals surface area contributed by atoms with E-state index in [9.17, 15) is 14.4 Å². The van der Waals surface area contributed by atoms with Crippen molar-refractivity contribution in [2.24, 2.45) is 0 Å². The first kappa shape index (κ1) is 18.5. The number of amides is 4. The minimum absolute atomic E-state index is 0.446. The molecule has 4 rings (SSSR count). The fraction of sp³-hybridized carbons (Fsp3) is 0.350. The van der Waals surface area contributed by atoms with Crippen molar-refractivity contribution in [2.45, 2.75) is 38.1 Å². The Kier molecular flexibility index (Phi) is 4.58. The van der Waals surface area contributed by atoms with Gasteiger partial charge in [0.15, 0.2) is 0 Å². The minimum Gasteiger partial charge on any atom is -0.497 e. The van der Waals surface area contributed by atoms with Crippen molar-refractivity contribution in [3.63, 3.8) is 0 Å². The van der Waals surface area contributed by atoms with E-state index in [0.717, 1.165) is 30.7 Å². The van der Waals surface area contributed by atoms with Crippen molar-refractivity contribution in [3.8, 4) is 5.75 Å². The van der Waals surface area contributed by atoms with Crippen LogP contribution in [0.1, 0.15) is 45.4 Å². The molecule has 146 valence electrons. The van der Waals surface area contributed by atoms with Gasteiger partial charge in [0.05, 0.1) is 12.0 Å². The van der Waals surface area contributed by atoms with Crippen LogP contribution in [-0.2, 0) is 23.2 Å². The SMILES string of the molecule is COc1cccc([C@@]2(C)NC(=O)N(NC(=O)c3cc4c(s3)CCCC4)C2=O)c1. The highest BCUT2D eigenvalue weighted by Gasteiger charge is 2.50. The zero-order chi connectivity index (χ0) is 19.9. The van der Waals surface area contributed by atoms with E-state index in [1.165, 1.54) is 28.9 Å². The Balaban J connectivity index is 1.55. The molecule has 7 nitrogen and oxygen atoms in total. The van der Waals surface area contributed by atoms with E-state index in [1.54, 1.807) is 31.2 Å². The Morgan fingerprint density at radius 3 is 2.79 bits per heavy atom. The number of urea groups is 1. The van der Waals surface area contributed by atoms with E-state index in [2.05, 4.69) is 10.7 Å². The predicted molar refractivity (Wildman–Crippen MR) is 104 cm³/mol. The lowest BCUT2D eigenvalue weighted by molar-refractivity contribution is -0.132. The Labute approximate surface area is 166 Å². The smallest absolute Gasteiger partial charge is 0.344 e. The third-order valence-corrected chi connectivity index (χ3v) is 6.51. The minimum atomic E-state index is -1.28. The molecule has 1 atom stereocenters. The van der Waals surface area contributed by atoms with Gasteiger partial charge < -0.3 is 10.1 Å². The van der Waals surface area contributed by atoms with Crippen molar-refractivity contribution in [2.75, 3.05) is 7.11 Å². The Morgan fingerprint density at radius 1 is 1.25 bits per heavy atom. The van der Waals surface area contributed by atoms with Crippen LogP contribution in [0.4, 0.5) is 4.79 Å². The van der Waals surface area contributed by atoms with Gasteiger partial charge in [0.2, 0.25) is 0 Å². The van der Waals surface area contributed by atoms with Gasteiger partial charge in [-0.3, -0.25) is 15.0 Å². The van der Waals surface area contributed by atoms with Crippen LogP contribution >= 0.6 is 11.3 Å². The highest BCUT2D eigenvalue weighted by atomic mass is 32.1. The van der Waals surface area contributed by atoms with Gasteiger partial charge in [-0.25, -0.2) is 4.79 Å². The molecule has 2 aliphatic rings. The van der Waals surface area contributed by atoms with Crippen LogP contribution in [-0.4, -0.2) is 30.0 Å². The monoisotopic (exact) mass is 399 g/mol. The summed E-state index contributed by atoms with van der Waals surface area (Å²) in [5.74, 6) is -0.411. The van der Waals surface area contributed by atoms with E-state index in [1.807, 2.05) is 6.07 Å². The fourth-order valence-electron chi connectivity index (χ4n) is 3.63. The predicted octanol–water partition coefficient (Wildman–Crippen LogP) is 2.75. The molecule has 2 aromatic rings. The molecular formula is C20H21N3O4S. The lowest BCUT2D eigenvalue weighted by Gasteiger charge is -2.22. The van der Waals surface area contributed by atoms with Crippen LogP contribution in [0, 0.1) is 0 Å². The number of imide groups is 1. The summed E-state index contributed by atoms with van der Waals surface area (Å²) in [5, 5.41) is 3.44. The molecule has 0 unspecified atom stereocenters. The first-order valence-electron chi connectivity index (χ1n) is 9.16. The number of rotatable bonds is 4. The number of ether oxygens (including phenoxy) is 1. The van der Waals surface area contributed by atoms with Crippen LogP contribution in [0.15, 0.2) is 30.3 Å². The molecule has 0 radical (unpaired) electrons. The first-order valence-corrected chi connectivity index (χ1v) is 9.98. The average molecular weight is 399 g/mol. The number of benzene rings is 1. The molecule has 1 aliphatic heterocycles. The zero-order valence-corrected chi connectivity index (χ0v) is 16.5. The second-order valence-corrected chi connectivity index (χ2v) is 8.27. The van der Waals surface area contributed by atoms with Crippen molar-refractivity contribution in [1.29, 1.82) is 0 Å². The highest BCUT2D eigenvalue weighted by Crippen LogP contribution is 2.32. The Bertz CT molecular complexity index is 947. The van der Waals surface area contributed by atoms with E-state index in [0.29, 0.717) is 16.2 Å². The molecule has 8 heteroatoms. The lowest BCUT2D eigenvalue weighted by atomic mass is 9.92. The fourth-order valence-corrected chi connectivity index (χ4v) is 4.77. The summed E-state index contributed by atoms with van der Waals surface area (Å²) in [6.07, 6.45) is 4.19. The summed E-state index contributed by atoms with van der Waals surface area (Å²) in [4.78, 5) is 39.8. The molecule has 0 bridgehead atoms. The van der Waals surface area contributed by atoms with E-state index >= 15 is 0 Å². The lowest BCUT2D eigenvalue weighted by Crippen LogP contribution is -2.47. The quantitative estimate of drug-likeness (QED) is 0.774. The number of hydrogen-bond donors (Lipinski definition) is 2. The van der Waals surface area contributed by atoms with Gasteiger partial charge in [0.25, 0.3) is 11.8 Å². The maximum Gasteiger partial charge on any atom is 0.344 e. The number of fused-ring (bicyclic) bond motifs is 1. The van der Waals surface area contributed by atoms with Crippen LogP contribution in [0.3, 0.4) is 0 Å². The molecule has 28 heavy (non-hydrogen) atoms. The molecule has 4 amide bonds. The summed E-state index contributed by atoms with van der Waals surface area (Å²) < 4.78 is 5.20. The van der Waals surface area contributed by atoms with E-state index in [4.69, 9.17) is 4.74 Å². The number of hydrogen-bond acceptors (Lipinski definition) is 5. The van der Waals surface area contributed by atoms with Gasteiger partial charge in [-0.1, -0.05) is 12.1 Å². The summed E-state index contributed by atoms with van der Waals surface area (Å²) >= 11 is 1.43. The molecule has 1 aromatic carbocycles. The third kappa shape index (κ3) is 3.03. The van der Waals surface area contributed by atoms with Gasteiger partial charge in [0.1, 0.15) is 11.3 Å². The zero-order valence-electron chi connectivity index (χ0n) is 15.7. The molecule has 1 aromatic heterocycles. The number of aryl methyl sites for hydroxylation is 2. The highest BCUT2D eigenvalue weighted by molar-refractivity contribution is 7.14. The second-order valence-electron chi connectivity index (χ2n) is 7.13. The Morgan fingerprint density at radius 2 is 2.04 bits per heavy atom. The van der Waals surface area contributed by atoms with Crippen molar-refractivity contribution in [1.82, 2.24) is 15.8 Å². The van der Waals surface area contributed by atoms with Crippen LogP contribution in [0.5, 0.6) is 5.75 Å². The van der Waals surface area contributed by atoms with Gasteiger partial charge >= 0.3 is 6.03 Å².